The molecule has 0 heteroatoms. The maximum absolute atomic E-state index is 3.96. The largest absolute Gasteiger partial charge is 0.0620 e. The molecule has 0 saturated carbocycles. The molecule has 0 N–H and O–H groups in total. The maximum Gasteiger partial charge on any atom is -0.0152 e. The third-order valence-electron chi connectivity index (χ3n) is 1.88. The zero-order chi connectivity index (χ0) is 7.68. The molecule has 0 atom stereocenters. The molecule has 0 aromatic heterocycles. The Bertz CT molecular complexity index is 336. The van der Waals surface area contributed by atoms with Gasteiger partial charge in [0.15, 0.2) is 0 Å². The number of fused-ring (bicyclic) bond motifs is 1. The molecule has 0 aromatic carbocycles. The topological polar surface area (TPSA) is 0 Å². The number of rotatable bonds is 0. The molecule has 53 valence electrons. The van der Waals surface area contributed by atoms with Gasteiger partial charge in [0, 0.05) is 0 Å². The first-order valence-electron chi connectivity index (χ1n) is 3.67. The Morgan fingerprint density at radius 1 is 0.818 bits per heavy atom. The molecule has 0 nitrogen and oxygen atoms in total. The van der Waals surface area contributed by atoms with E-state index in [9.17, 15) is 0 Å². The molecule has 11 heavy (non-hydrogen) atoms. The van der Waals surface area contributed by atoms with Crippen LogP contribution in [0, 0.1) is 6.92 Å². The van der Waals surface area contributed by atoms with Gasteiger partial charge in [-0.2, -0.15) is 0 Å². The van der Waals surface area contributed by atoms with Crippen molar-refractivity contribution < 1.29 is 0 Å². The van der Waals surface area contributed by atoms with E-state index in [0.717, 1.165) is 5.56 Å². The minimum atomic E-state index is 1.09. The Balaban J connectivity index is 2.78. The van der Waals surface area contributed by atoms with Crippen molar-refractivity contribution in [1.29, 1.82) is 0 Å². The molecule has 0 spiro atoms. The molecule has 0 bridgehead atoms. The van der Waals surface area contributed by atoms with Gasteiger partial charge in [-0.3, -0.25) is 0 Å². The van der Waals surface area contributed by atoms with Crippen LogP contribution in [-0.4, -0.2) is 0 Å². The summed E-state index contributed by atoms with van der Waals surface area (Å²) < 4.78 is 0. The summed E-state index contributed by atoms with van der Waals surface area (Å²) >= 11 is 0. The number of hydrogen-bond donors (Lipinski definition) is 0. The fraction of sp³-hybridized carbons (Fsp3) is 0. The van der Waals surface area contributed by atoms with E-state index in [1.807, 2.05) is 18.2 Å². The summed E-state index contributed by atoms with van der Waals surface area (Å²) in [5.41, 5.74) is 3.60. The molecular formula is C11H9. The van der Waals surface area contributed by atoms with Crippen LogP contribution in [-0.2, 0) is 0 Å². The second kappa shape index (κ2) is 2.39. The summed E-state index contributed by atoms with van der Waals surface area (Å²) in [6, 6.07) is 14.4. The second-order valence-electron chi connectivity index (χ2n) is 2.64. The van der Waals surface area contributed by atoms with Crippen LogP contribution in [0.15, 0.2) is 42.5 Å². The highest BCUT2D eigenvalue weighted by atomic mass is 14.0. The van der Waals surface area contributed by atoms with Gasteiger partial charge in [-0.25, -0.2) is 0 Å². The van der Waals surface area contributed by atoms with Gasteiger partial charge in [0.25, 0.3) is 0 Å². The molecule has 0 amide bonds. The maximum atomic E-state index is 3.96. The monoisotopic (exact) mass is 141 g/mol. The minimum Gasteiger partial charge on any atom is -0.0620 e. The lowest BCUT2D eigenvalue weighted by atomic mass is 10.1. The first-order valence-corrected chi connectivity index (χ1v) is 3.67. The average Bonchev–Trinajstić information content (AvgIpc) is 2.40. The highest BCUT2D eigenvalue weighted by Crippen LogP contribution is 2.24. The van der Waals surface area contributed by atoms with Crippen LogP contribution in [0.1, 0.15) is 5.56 Å². The molecule has 2 rings (SSSR count). The van der Waals surface area contributed by atoms with Crippen LogP contribution >= 0.6 is 0 Å². The van der Waals surface area contributed by atoms with Crippen molar-refractivity contribution in [3.05, 3.63) is 55.0 Å². The fourth-order valence-corrected chi connectivity index (χ4v) is 1.29. The van der Waals surface area contributed by atoms with Crippen molar-refractivity contribution in [3.63, 3.8) is 0 Å². The molecule has 0 unspecified atom stereocenters. The van der Waals surface area contributed by atoms with Gasteiger partial charge in [0.2, 0.25) is 0 Å². The highest BCUT2D eigenvalue weighted by Gasteiger charge is 2.00. The third kappa shape index (κ3) is 1.01. The van der Waals surface area contributed by atoms with E-state index in [0.29, 0.717) is 0 Å². The Kier molecular flexibility index (Phi) is 1.39. The van der Waals surface area contributed by atoms with E-state index in [1.165, 1.54) is 11.1 Å². The van der Waals surface area contributed by atoms with Crippen LogP contribution in [0.5, 0.6) is 0 Å². The second-order valence-corrected chi connectivity index (χ2v) is 2.64. The van der Waals surface area contributed by atoms with Gasteiger partial charge in [0.05, 0.1) is 0 Å². The normalized spacial score (nSPS) is 10.3. The van der Waals surface area contributed by atoms with E-state index < -0.39 is 0 Å². The van der Waals surface area contributed by atoms with Crippen LogP contribution in [0.2, 0.25) is 0 Å². The summed E-state index contributed by atoms with van der Waals surface area (Å²) in [5, 5.41) is 0. The van der Waals surface area contributed by atoms with Crippen molar-refractivity contribution in [3.8, 4) is 11.1 Å². The minimum absolute atomic E-state index is 1.09. The molecule has 0 fully saturated rings. The number of hydrogen-bond acceptors (Lipinski definition) is 0. The lowest BCUT2D eigenvalue weighted by Crippen LogP contribution is -1.70. The predicted molar refractivity (Wildman–Crippen MR) is 47.5 cm³/mol. The van der Waals surface area contributed by atoms with Crippen molar-refractivity contribution >= 4 is 0 Å². The SMILES string of the molecule is [CH2]c1ccccc2cccc1-2. The Morgan fingerprint density at radius 2 is 1.55 bits per heavy atom. The first kappa shape index (κ1) is 6.41. The molecular weight excluding hydrogens is 132 g/mol. The lowest BCUT2D eigenvalue weighted by molar-refractivity contribution is 1.70. The zero-order valence-corrected chi connectivity index (χ0v) is 6.25. The average molecular weight is 141 g/mol. The van der Waals surface area contributed by atoms with Crippen molar-refractivity contribution in [1.82, 2.24) is 0 Å². The molecule has 0 heterocycles. The molecule has 0 aromatic rings. The van der Waals surface area contributed by atoms with Gasteiger partial charge >= 0.3 is 0 Å². The van der Waals surface area contributed by atoms with E-state index in [4.69, 9.17) is 0 Å². The quantitative estimate of drug-likeness (QED) is 0.529. The van der Waals surface area contributed by atoms with E-state index in [2.05, 4.69) is 31.2 Å². The Morgan fingerprint density at radius 3 is 2.45 bits per heavy atom. The molecule has 0 aliphatic heterocycles. The van der Waals surface area contributed by atoms with Crippen molar-refractivity contribution in [2.75, 3.05) is 0 Å². The van der Waals surface area contributed by atoms with Crippen molar-refractivity contribution in [2.24, 2.45) is 0 Å². The standard InChI is InChI=1S/C11H9/c1-9-5-2-3-6-10-7-4-8-11(9)10/h2-8H,1H2. The van der Waals surface area contributed by atoms with E-state index in [-0.39, 0.29) is 0 Å². The molecule has 1 radical (unpaired) electrons. The van der Waals surface area contributed by atoms with E-state index >= 15 is 0 Å². The Labute approximate surface area is 66.8 Å². The summed E-state index contributed by atoms with van der Waals surface area (Å²) in [6.45, 7) is 3.96. The third-order valence-corrected chi connectivity index (χ3v) is 1.88. The summed E-state index contributed by atoms with van der Waals surface area (Å²) in [6.07, 6.45) is 0. The fourth-order valence-electron chi connectivity index (χ4n) is 1.29. The summed E-state index contributed by atoms with van der Waals surface area (Å²) in [7, 11) is 0. The van der Waals surface area contributed by atoms with Gasteiger partial charge < -0.3 is 0 Å². The predicted octanol–water partition coefficient (Wildman–Crippen LogP) is 2.97. The van der Waals surface area contributed by atoms with Crippen LogP contribution in [0.4, 0.5) is 0 Å². The lowest BCUT2D eigenvalue weighted by Gasteiger charge is -1.93. The van der Waals surface area contributed by atoms with Crippen LogP contribution < -0.4 is 0 Å². The van der Waals surface area contributed by atoms with Crippen LogP contribution in [0.25, 0.3) is 11.1 Å². The molecule has 2 aliphatic rings. The summed E-state index contributed by atoms with van der Waals surface area (Å²) in [5.74, 6) is 0. The molecule has 0 saturated heterocycles. The molecule has 2 aliphatic carbocycles. The van der Waals surface area contributed by atoms with E-state index in [1.54, 1.807) is 0 Å². The van der Waals surface area contributed by atoms with Gasteiger partial charge in [-0.1, -0.05) is 42.5 Å². The Hall–Kier alpha value is -1.30. The van der Waals surface area contributed by atoms with Gasteiger partial charge in [-0.15, -0.1) is 0 Å². The smallest absolute Gasteiger partial charge is 0.0152 e. The van der Waals surface area contributed by atoms with Gasteiger partial charge in [-0.05, 0) is 23.6 Å². The van der Waals surface area contributed by atoms with Gasteiger partial charge in [0.1, 0.15) is 0 Å². The van der Waals surface area contributed by atoms with Crippen LogP contribution in [0.3, 0.4) is 0 Å². The zero-order valence-electron chi connectivity index (χ0n) is 6.25. The highest BCUT2D eigenvalue weighted by molar-refractivity contribution is 5.70. The summed E-state index contributed by atoms with van der Waals surface area (Å²) in [4.78, 5) is 0. The van der Waals surface area contributed by atoms with Crippen molar-refractivity contribution in [2.45, 2.75) is 0 Å². The first-order chi connectivity index (χ1) is 5.38.